The minimum Gasteiger partial charge on any atom is -0.0839 e. The highest BCUT2D eigenvalue weighted by molar-refractivity contribution is 9.09. The van der Waals surface area contributed by atoms with Crippen molar-refractivity contribution in [2.24, 2.45) is 0 Å². The van der Waals surface area contributed by atoms with Crippen LogP contribution in [-0.2, 0) is 0 Å². The van der Waals surface area contributed by atoms with E-state index in [4.69, 9.17) is 0 Å². The Morgan fingerprint density at radius 3 is 1.90 bits per heavy atom. The Labute approximate surface area is 134 Å². The third-order valence-electron chi connectivity index (χ3n) is 4.11. The van der Waals surface area contributed by atoms with E-state index < -0.39 is 0 Å². The molecule has 1 aromatic rings. The van der Waals surface area contributed by atoms with Gasteiger partial charge in [0.15, 0.2) is 0 Å². The summed E-state index contributed by atoms with van der Waals surface area (Å²) in [6.45, 7) is 8.95. The fourth-order valence-corrected chi connectivity index (χ4v) is 4.16. The first-order chi connectivity index (χ1) is 9.56. The van der Waals surface area contributed by atoms with Gasteiger partial charge in [0.25, 0.3) is 0 Å². The van der Waals surface area contributed by atoms with E-state index in [0.717, 1.165) is 0 Å². The summed E-state index contributed by atoms with van der Waals surface area (Å²) in [5, 5.41) is 0. The van der Waals surface area contributed by atoms with Crippen molar-refractivity contribution in [3.63, 3.8) is 0 Å². The van der Waals surface area contributed by atoms with Gasteiger partial charge in [-0.05, 0) is 43.9 Å². The Bertz CT molecular complexity index is 372. The zero-order valence-corrected chi connectivity index (χ0v) is 15.4. The van der Waals surface area contributed by atoms with Crippen molar-refractivity contribution < 1.29 is 0 Å². The van der Waals surface area contributed by atoms with Gasteiger partial charge in [0.1, 0.15) is 0 Å². The number of hydrogen-bond acceptors (Lipinski definition) is 0. The monoisotopic (exact) mass is 338 g/mol. The van der Waals surface area contributed by atoms with Gasteiger partial charge in [-0.25, -0.2) is 0 Å². The molecule has 0 saturated heterocycles. The molecule has 0 radical (unpaired) electrons. The normalized spacial score (nSPS) is 12.7. The van der Waals surface area contributed by atoms with Crippen LogP contribution in [-0.4, -0.2) is 0 Å². The zero-order valence-electron chi connectivity index (χ0n) is 13.8. The molecule has 0 nitrogen and oxygen atoms in total. The molecule has 0 amide bonds. The van der Waals surface area contributed by atoms with Gasteiger partial charge in [-0.1, -0.05) is 85.5 Å². The lowest BCUT2D eigenvalue weighted by atomic mass is 9.95. The van der Waals surface area contributed by atoms with Crippen molar-refractivity contribution in [3.05, 3.63) is 34.4 Å². The third kappa shape index (κ3) is 5.99. The molecule has 1 unspecified atom stereocenters. The SMILES string of the molecule is CCCCCCCCCC(Br)c1c(C)cc(C)cc1C. The first kappa shape index (κ1) is 17.8. The molecule has 114 valence electrons. The van der Waals surface area contributed by atoms with Gasteiger partial charge in [-0.15, -0.1) is 0 Å². The average Bonchev–Trinajstić information content (AvgIpc) is 2.36. The molecule has 0 spiro atoms. The zero-order chi connectivity index (χ0) is 15.0. The number of hydrogen-bond donors (Lipinski definition) is 0. The summed E-state index contributed by atoms with van der Waals surface area (Å²) in [5.41, 5.74) is 5.76. The molecule has 0 aliphatic rings. The average molecular weight is 339 g/mol. The maximum absolute atomic E-state index is 3.91. The second-order valence-electron chi connectivity index (χ2n) is 6.19. The summed E-state index contributed by atoms with van der Waals surface area (Å²) in [6.07, 6.45) is 11.0. The summed E-state index contributed by atoms with van der Waals surface area (Å²) in [5.74, 6) is 0. The smallest absolute Gasteiger partial charge is 0.0400 e. The summed E-state index contributed by atoms with van der Waals surface area (Å²) < 4.78 is 0. The number of benzene rings is 1. The Morgan fingerprint density at radius 1 is 0.850 bits per heavy atom. The van der Waals surface area contributed by atoms with E-state index in [1.807, 2.05) is 0 Å². The van der Waals surface area contributed by atoms with Gasteiger partial charge in [-0.2, -0.15) is 0 Å². The second kappa shape index (κ2) is 9.60. The maximum atomic E-state index is 3.91. The summed E-state index contributed by atoms with van der Waals surface area (Å²) >= 11 is 3.91. The fraction of sp³-hybridized carbons (Fsp3) is 0.684. The van der Waals surface area contributed by atoms with Crippen LogP contribution in [0.15, 0.2) is 12.1 Å². The highest BCUT2D eigenvalue weighted by Gasteiger charge is 2.13. The molecule has 1 aromatic carbocycles. The van der Waals surface area contributed by atoms with E-state index in [1.54, 1.807) is 0 Å². The van der Waals surface area contributed by atoms with Crippen LogP contribution in [0.3, 0.4) is 0 Å². The van der Waals surface area contributed by atoms with Crippen LogP contribution in [0.4, 0.5) is 0 Å². The molecule has 0 aliphatic heterocycles. The molecule has 0 saturated carbocycles. The molecule has 0 aromatic heterocycles. The molecule has 0 bridgehead atoms. The Morgan fingerprint density at radius 2 is 1.35 bits per heavy atom. The number of halogens is 1. The van der Waals surface area contributed by atoms with Crippen LogP contribution in [0.2, 0.25) is 0 Å². The Kier molecular flexibility index (Phi) is 8.52. The Balaban J connectivity index is 2.34. The topological polar surface area (TPSA) is 0 Å². The minimum atomic E-state index is 0.527. The summed E-state index contributed by atoms with van der Waals surface area (Å²) in [4.78, 5) is 0.527. The maximum Gasteiger partial charge on any atom is 0.0400 e. The quantitative estimate of drug-likeness (QED) is 0.330. The molecule has 1 rings (SSSR count). The van der Waals surface area contributed by atoms with Gasteiger partial charge >= 0.3 is 0 Å². The molecule has 0 heterocycles. The number of alkyl halides is 1. The highest BCUT2D eigenvalue weighted by atomic mass is 79.9. The van der Waals surface area contributed by atoms with E-state index in [1.165, 1.54) is 73.6 Å². The van der Waals surface area contributed by atoms with Crippen molar-refractivity contribution in [1.82, 2.24) is 0 Å². The van der Waals surface area contributed by atoms with Crippen LogP contribution < -0.4 is 0 Å². The van der Waals surface area contributed by atoms with Crippen LogP contribution in [0.5, 0.6) is 0 Å². The molecule has 1 heteroatoms. The van der Waals surface area contributed by atoms with Crippen molar-refractivity contribution in [3.8, 4) is 0 Å². The van der Waals surface area contributed by atoms with E-state index in [0.29, 0.717) is 4.83 Å². The van der Waals surface area contributed by atoms with Crippen LogP contribution in [0, 0.1) is 20.8 Å². The lowest BCUT2D eigenvalue weighted by Gasteiger charge is -2.17. The van der Waals surface area contributed by atoms with Gasteiger partial charge in [0.2, 0.25) is 0 Å². The lowest BCUT2D eigenvalue weighted by Crippen LogP contribution is -1.98. The first-order valence-corrected chi connectivity index (χ1v) is 9.19. The van der Waals surface area contributed by atoms with Gasteiger partial charge < -0.3 is 0 Å². The van der Waals surface area contributed by atoms with Crippen molar-refractivity contribution in [2.45, 2.75) is 83.9 Å². The van der Waals surface area contributed by atoms with Gasteiger partial charge in [0.05, 0.1) is 0 Å². The minimum absolute atomic E-state index is 0.527. The Hall–Kier alpha value is -0.300. The molecule has 0 aliphatic carbocycles. The summed E-state index contributed by atoms with van der Waals surface area (Å²) in [6, 6.07) is 4.61. The van der Waals surface area contributed by atoms with E-state index in [-0.39, 0.29) is 0 Å². The van der Waals surface area contributed by atoms with Crippen molar-refractivity contribution in [2.75, 3.05) is 0 Å². The molecule has 0 fully saturated rings. The summed E-state index contributed by atoms with van der Waals surface area (Å²) in [7, 11) is 0. The molecule has 1 atom stereocenters. The second-order valence-corrected chi connectivity index (χ2v) is 7.30. The van der Waals surface area contributed by atoms with Crippen LogP contribution >= 0.6 is 15.9 Å². The highest BCUT2D eigenvalue weighted by Crippen LogP contribution is 2.34. The molecular formula is C19H31Br. The lowest BCUT2D eigenvalue weighted by molar-refractivity contribution is 0.574. The third-order valence-corrected chi connectivity index (χ3v) is 5.03. The molecule has 0 N–H and O–H groups in total. The van der Waals surface area contributed by atoms with Gasteiger partial charge in [0, 0.05) is 4.83 Å². The predicted molar refractivity (Wildman–Crippen MR) is 94.9 cm³/mol. The van der Waals surface area contributed by atoms with E-state index in [2.05, 4.69) is 55.8 Å². The van der Waals surface area contributed by atoms with Crippen LogP contribution in [0.1, 0.15) is 85.4 Å². The standard InChI is InChI=1S/C19H31Br/c1-5-6-7-8-9-10-11-12-18(20)19-16(3)13-15(2)14-17(19)4/h13-14,18H,5-12H2,1-4H3. The number of unbranched alkanes of at least 4 members (excludes halogenated alkanes) is 6. The first-order valence-electron chi connectivity index (χ1n) is 8.28. The van der Waals surface area contributed by atoms with Crippen molar-refractivity contribution in [1.29, 1.82) is 0 Å². The van der Waals surface area contributed by atoms with E-state index >= 15 is 0 Å². The molecular weight excluding hydrogens is 308 g/mol. The number of rotatable bonds is 9. The largest absolute Gasteiger partial charge is 0.0839 e. The molecule has 20 heavy (non-hydrogen) atoms. The van der Waals surface area contributed by atoms with Crippen molar-refractivity contribution >= 4 is 15.9 Å². The van der Waals surface area contributed by atoms with E-state index in [9.17, 15) is 0 Å². The van der Waals surface area contributed by atoms with Crippen LogP contribution in [0.25, 0.3) is 0 Å². The predicted octanol–water partition coefficient (Wildman–Crippen LogP) is 7.19. The fourth-order valence-electron chi connectivity index (χ4n) is 3.11. The number of aryl methyl sites for hydroxylation is 3. The van der Waals surface area contributed by atoms with Gasteiger partial charge in [-0.3, -0.25) is 0 Å².